The topological polar surface area (TPSA) is 123 Å². The van der Waals surface area contributed by atoms with Gasteiger partial charge in [0.05, 0.1) is 31.2 Å². The summed E-state index contributed by atoms with van der Waals surface area (Å²) in [6.07, 6.45) is 4.26. The van der Waals surface area contributed by atoms with Gasteiger partial charge < -0.3 is 20.3 Å². The maximum absolute atomic E-state index is 12.2. The number of benzene rings is 1. The van der Waals surface area contributed by atoms with Crippen molar-refractivity contribution in [3.8, 4) is 11.4 Å². The van der Waals surface area contributed by atoms with Crippen LogP contribution in [0, 0.1) is 0 Å². The molecule has 2 atom stereocenters. The second-order valence-corrected chi connectivity index (χ2v) is 11.3. The highest BCUT2D eigenvalue weighted by molar-refractivity contribution is 7.86. The van der Waals surface area contributed by atoms with Crippen molar-refractivity contribution in [2.75, 3.05) is 36.2 Å². The van der Waals surface area contributed by atoms with E-state index < -0.39 is 15.7 Å². The van der Waals surface area contributed by atoms with Gasteiger partial charge in [-0.25, -0.2) is 14.8 Å². The number of morpholine rings is 1. The second-order valence-electron chi connectivity index (χ2n) is 9.77. The Morgan fingerprint density at radius 1 is 1.25 bits per heavy atom. The van der Waals surface area contributed by atoms with Crippen molar-refractivity contribution < 1.29 is 22.1 Å². The lowest BCUT2D eigenvalue weighted by atomic mass is 9.95. The minimum atomic E-state index is -3.74. The van der Waals surface area contributed by atoms with Crippen LogP contribution in [0.15, 0.2) is 30.3 Å². The summed E-state index contributed by atoms with van der Waals surface area (Å²) in [5, 5.41) is 5.74. The fraction of sp³-hybridized carbons (Fsp3) is 0.560. The third-order valence-electron chi connectivity index (χ3n) is 6.29. The number of hydrogen-bond donors (Lipinski definition) is 2. The maximum Gasteiger partial charge on any atom is 0.319 e. The van der Waals surface area contributed by atoms with E-state index in [2.05, 4.69) is 22.5 Å². The summed E-state index contributed by atoms with van der Waals surface area (Å²) in [6, 6.07) is 9.25. The Morgan fingerprint density at radius 2 is 1.97 bits per heavy atom. The van der Waals surface area contributed by atoms with Crippen LogP contribution in [0.3, 0.4) is 0 Å². The zero-order valence-electron chi connectivity index (χ0n) is 21.3. The molecule has 1 aromatic heterocycles. The van der Waals surface area contributed by atoms with E-state index >= 15 is 0 Å². The summed E-state index contributed by atoms with van der Waals surface area (Å²) in [6.45, 7) is 7.60. The summed E-state index contributed by atoms with van der Waals surface area (Å²) < 4.78 is 35.5. The van der Waals surface area contributed by atoms with Crippen molar-refractivity contribution in [3.05, 3.63) is 36.0 Å². The molecule has 0 bridgehead atoms. The first-order valence-electron chi connectivity index (χ1n) is 12.4. The minimum Gasteiger partial charge on any atom is -0.377 e. The molecule has 1 aliphatic heterocycles. The van der Waals surface area contributed by atoms with Crippen LogP contribution in [0.4, 0.5) is 16.3 Å². The van der Waals surface area contributed by atoms with Crippen molar-refractivity contribution in [3.63, 3.8) is 0 Å². The van der Waals surface area contributed by atoms with Gasteiger partial charge >= 0.3 is 6.03 Å². The van der Waals surface area contributed by atoms with Crippen LogP contribution in [0.2, 0.25) is 0 Å². The first-order valence-corrected chi connectivity index (χ1v) is 14.2. The summed E-state index contributed by atoms with van der Waals surface area (Å²) in [7, 11) is -3.74. The number of amides is 2. The van der Waals surface area contributed by atoms with Crippen molar-refractivity contribution in [1.29, 1.82) is 0 Å². The quantitative estimate of drug-likeness (QED) is 0.484. The molecule has 11 heteroatoms. The van der Waals surface area contributed by atoms with Gasteiger partial charge in [-0.05, 0) is 57.4 Å². The number of nitrogens with zero attached hydrogens (tertiary/aromatic N) is 3. The second kappa shape index (κ2) is 10.7. The van der Waals surface area contributed by atoms with Gasteiger partial charge in [-0.1, -0.05) is 13.3 Å². The Balaban J connectivity index is 1.70. The van der Waals surface area contributed by atoms with Gasteiger partial charge in [0.2, 0.25) is 0 Å². The lowest BCUT2D eigenvalue weighted by Crippen LogP contribution is -2.44. The molecule has 2 heterocycles. The van der Waals surface area contributed by atoms with Gasteiger partial charge in [-0.15, -0.1) is 0 Å². The van der Waals surface area contributed by atoms with E-state index in [-0.39, 0.29) is 18.1 Å². The van der Waals surface area contributed by atoms with Crippen molar-refractivity contribution >= 4 is 27.7 Å². The monoisotopic (exact) mass is 517 g/mol. The number of anilines is 2. The van der Waals surface area contributed by atoms with Crippen LogP contribution in [-0.2, 0) is 24.6 Å². The van der Waals surface area contributed by atoms with Gasteiger partial charge in [-0.3, -0.25) is 4.18 Å². The molecule has 0 radical (unpaired) electrons. The van der Waals surface area contributed by atoms with Crippen LogP contribution in [0.1, 0.15) is 52.1 Å². The predicted octanol–water partition coefficient (Wildman–Crippen LogP) is 3.64. The van der Waals surface area contributed by atoms with Crippen molar-refractivity contribution in [1.82, 2.24) is 15.3 Å². The van der Waals surface area contributed by atoms with Crippen LogP contribution in [0.25, 0.3) is 11.4 Å². The predicted molar refractivity (Wildman–Crippen MR) is 138 cm³/mol. The summed E-state index contributed by atoms with van der Waals surface area (Å²) >= 11 is 0. The minimum absolute atomic E-state index is 0.0964. The Morgan fingerprint density at radius 3 is 2.58 bits per heavy atom. The molecule has 4 rings (SSSR count). The zero-order valence-corrected chi connectivity index (χ0v) is 22.1. The number of carbonyl (C=O) groups excluding carboxylic acids is 1. The highest BCUT2D eigenvalue weighted by Crippen LogP contribution is 2.35. The molecule has 2 aromatic rings. The third kappa shape index (κ3) is 6.71. The number of rotatable bonds is 9. The van der Waals surface area contributed by atoms with E-state index in [1.54, 1.807) is 19.1 Å². The number of hydrogen-bond acceptors (Lipinski definition) is 8. The molecule has 1 unspecified atom stereocenters. The van der Waals surface area contributed by atoms with E-state index in [1.807, 2.05) is 25.1 Å². The summed E-state index contributed by atoms with van der Waals surface area (Å²) in [5.74, 6) is 1.14. The van der Waals surface area contributed by atoms with Gasteiger partial charge in [-0.2, -0.15) is 8.42 Å². The molecular weight excluding hydrogens is 482 g/mol. The average Bonchev–Trinajstić information content (AvgIpc) is 3.62. The molecule has 196 valence electrons. The number of nitrogens with one attached hydrogen (secondary N) is 2. The summed E-state index contributed by atoms with van der Waals surface area (Å²) in [5.41, 5.74) is 0.753. The molecule has 2 N–H and O–H groups in total. The third-order valence-corrected chi connectivity index (χ3v) is 6.96. The highest BCUT2D eigenvalue weighted by Gasteiger charge is 2.35. The summed E-state index contributed by atoms with van der Waals surface area (Å²) in [4.78, 5) is 23.8. The van der Waals surface area contributed by atoms with Crippen molar-refractivity contribution in [2.45, 2.75) is 64.1 Å². The normalized spacial score (nSPS) is 20.0. The molecule has 1 aromatic carbocycles. The van der Waals surface area contributed by atoms with Gasteiger partial charge in [0, 0.05) is 29.9 Å². The van der Waals surface area contributed by atoms with Gasteiger partial charge in [0.1, 0.15) is 11.4 Å². The largest absolute Gasteiger partial charge is 0.377 e. The van der Waals surface area contributed by atoms with Crippen molar-refractivity contribution in [2.24, 2.45) is 0 Å². The Bertz CT molecular complexity index is 1190. The average molecular weight is 518 g/mol. The van der Waals surface area contributed by atoms with E-state index in [1.165, 1.54) is 0 Å². The van der Waals surface area contributed by atoms with E-state index in [0.717, 1.165) is 24.7 Å². The molecule has 2 amide bonds. The van der Waals surface area contributed by atoms with E-state index in [9.17, 15) is 13.2 Å². The molecule has 2 aliphatic rings. The standard InChI is InChI=1S/C25H35N5O5S/c1-5-12-25(3,35-36(4,32)33)21-15-22(30-13-14-34-16-17(30)2)29-23(28-21)18-6-8-19(9-7-18)26-24(31)27-20-10-11-20/h6-9,15,17,20H,5,10-14,16H2,1-4H3,(H2,26,27,31)/t17-,25?/m0/s1. The van der Waals surface area contributed by atoms with E-state index in [0.29, 0.717) is 55.6 Å². The van der Waals surface area contributed by atoms with Crippen LogP contribution in [0.5, 0.6) is 0 Å². The molecule has 2 fully saturated rings. The fourth-order valence-corrected chi connectivity index (χ4v) is 5.19. The zero-order chi connectivity index (χ0) is 25.9. The molecule has 36 heavy (non-hydrogen) atoms. The molecule has 0 spiro atoms. The lowest BCUT2D eigenvalue weighted by molar-refractivity contribution is 0.0806. The number of aromatic nitrogens is 2. The first-order chi connectivity index (χ1) is 17.1. The van der Waals surface area contributed by atoms with Crippen LogP contribution in [-0.4, -0.2) is 62.5 Å². The fourth-order valence-electron chi connectivity index (χ4n) is 4.36. The van der Waals surface area contributed by atoms with Gasteiger partial charge in [0.25, 0.3) is 10.1 Å². The Labute approximate surface area is 212 Å². The van der Waals surface area contributed by atoms with Crippen LogP contribution >= 0.6 is 0 Å². The number of ether oxygens (including phenoxy) is 1. The molecular formula is C25H35N5O5S. The molecule has 1 saturated heterocycles. The molecule has 1 saturated carbocycles. The number of urea groups is 1. The van der Waals surface area contributed by atoms with Crippen LogP contribution < -0.4 is 15.5 Å². The Kier molecular flexibility index (Phi) is 7.82. The SMILES string of the molecule is CCCC(C)(OS(C)(=O)=O)c1cc(N2CCOC[C@@H]2C)nc(-c2ccc(NC(=O)NC3CC3)cc2)n1. The molecule has 1 aliphatic carbocycles. The van der Waals surface area contributed by atoms with Gasteiger partial charge in [0.15, 0.2) is 5.82 Å². The Hall–Kier alpha value is -2.76. The smallest absolute Gasteiger partial charge is 0.319 e. The first kappa shape index (κ1) is 26.3. The lowest BCUT2D eigenvalue weighted by Gasteiger charge is -2.35. The van der Waals surface area contributed by atoms with E-state index in [4.69, 9.17) is 18.9 Å². The molecule has 10 nitrogen and oxygen atoms in total. The highest BCUT2D eigenvalue weighted by atomic mass is 32.2. The maximum atomic E-state index is 12.2. The number of carbonyl (C=O) groups is 1.